The van der Waals surface area contributed by atoms with Crippen LogP contribution in [0.25, 0.3) is 11.3 Å². The zero-order valence-electron chi connectivity index (χ0n) is 17.2. The lowest BCUT2D eigenvalue weighted by Crippen LogP contribution is -2.34. The van der Waals surface area contributed by atoms with Gasteiger partial charge in [0.15, 0.2) is 5.11 Å². The first kappa shape index (κ1) is 22.5. The van der Waals surface area contributed by atoms with Crippen LogP contribution in [0, 0.1) is 0 Å². The summed E-state index contributed by atoms with van der Waals surface area (Å²) in [5.74, 6) is -1.39. The highest BCUT2D eigenvalue weighted by atomic mass is 35.5. The Labute approximate surface area is 190 Å². The van der Waals surface area contributed by atoms with Crippen LogP contribution in [0.5, 0.6) is 0 Å². The van der Waals surface area contributed by atoms with Gasteiger partial charge in [-0.2, -0.15) is 0 Å². The third-order valence-corrected chi connectivity index (χ3v) is 4.99. The maximum atomic E-state index is 12.6. The van der Waals surface area contributed by atoms with Crippen molar-refractivity contribution in [2.75, 3.05) is 5.32 Å². The number of halogens is 1. The number of carbonyl (C=O) groups is 2. The van der Waals surface area contributed by atoms with Crippen LogP contribution in [-0.2, 0) is 5.41 Å². The molecule has 3 N–H and O–H groups in total. The quantitative estimate of drug-likeness (QED) is 0.435. The molecule has 6 nitrogen and oxygen atoms in total. The van der Waals surface area contributed by atoms with Gasteiger partial charge in [-0.3, -0.25) is 10.1 Å². The van der Waals surface area contributed by atoms with Crippen molar-refractivity contribution in [1.29, 1.82) is 0 Å². The van der Waals surface area contributed by atoms with Crippen LogP contribution >= 0.6 is 23.8 Å². The van der Waals surface area contributed by atoms with Crippen LogP contribution in [0.3, 0.4) is 0 Å². The number of thiocarbonyl (C=S) groups is 1. The SMILES string of the molecule is CC(C)(C)c1ccc(C(=O)NC(=S)Nc2cc(Cl)ccc2-c2ccc(C(=O)O)o2)cc1. The summed E-state index contributed by atoms with van der Waals surface area (Å²) in [7, 11) is 0. The first-order valence-electron chi connectivity index (χ1n) is 9.40. The number of amides is 1. The van der Waals surface area contributed by atoms with E-state index in [4.69, 9.17) is 33.3 Å². The summed E-state index contributed by atoms with van der Waals surface area (Å²) < 4.78 is 5.37. The molecule has 0 aliphatic carbocycles. The Hall–Kier alpha value is -3.16. The fourth-order valence-corrected chi connectivity index (χ4v) is 3.26. The van der Waals surface area contributed by atoms with Crippen molar-refractivity contribution in [1.82, 2.24) is 5.32 Å². The molecule has 0 aliphatic rings. The monoisotopic (exact) mass is 456 g/mol. The molecule has 0 spiro atoms. The number of carbonyl (C=O) groups excluding carboxylic acids is 1. The molecule has 2 aromatic carbocycles. The largest absolute Gasteiger partial charge is 0.475 e. The number of nitrogens with one attached hydrogen (secondary N) is 2. The average Bonchev–Trinajstić information content (AvgIpc) is 3.17. The molecule has 0 unspecified atom stereocenters. The molecule has 1 heterocycles. The molecular formula is C23H21ClN2O4S. The number of rotatable bonds is 4. The van der Waals surface area contributed by atoms with Gasteiger partial charge in [0.1, 0.15) is 5.76 Å². The van der Waals surface area contributed by atoms with Crippen molar-refractivity contribution in [3.05, 3.63) is 76.5 Å². The molecule has 1 amide bonds. The number of aromatic carboxylic acids is 1. The Kier molecular flexibility index (Phi) is 6.48. The van der Waals surface area contributed by atoms with E-state index >= 15 is 0 Å². The molecule has 0 bridgehead atoms. The zero-order chi connectivity index (χ0) is 22.8. The number of hydrogen-bond donors (Lipinski definition) is 3. The fourth-order valence-electron chi connectivity index (χ4n) is 2.88. The van der Waals surface area contributed by atoms with Gasteiger partial charge in [-0.05, 0) is 65.7 Å². The van der Waals surface area contributed by atoms with Gasteiger partial charge in [0.05, 0.1) is 5.69 Å². The number of anilines is 1. The number of benzene rings is 2. The van der Waals surface area contributed by atoms with E-state index < -0.39 is 5.97 Å². The zero-order valence-corrected chi connectivity index (χ0v) is 18.7. The number of furan rings is 1. The van der Waals surface area contributed by atoms with Crippen molar-refractivity contribution >= 4 is 46.5 Å². The van der Waals surface area contributed by atoms with E-state index in [-0.39, 0.29) is 22.2 Å². The van der Waals surface area contributed by atoms with Crippen LogP contribution in [0.4, 0.5) is 5.69 Å². The molecule has 0 saturated heterocycles. The second-order valence-electron chi connectivity index (χ2n) is 7.89. The lowest BCUT2D eigenvalue weighted by Gasteiger charge is -2.19. The lowest BCUT2D eigenvalue weighted by atomic mass is 9.87. The number of carboxylic acids is 1. The molecule has 0 radical (unpaired) electrons. The van der Waals surface area contributed by atoms with Gasteiger partial charge in [0.2, 0.25) is 5.76 Å². The van der Waals surface area contributed by atoms with Gasteiger partial charge >= 0.3 is 5.97 Å². The summed E-state index contributed by atoms with van der Waals surface area (Å²) in [6, 6.07) is 15.1. The molecule has 1 aromatic heterocycles. The molecular weight excluding hydrogens is 436 g/mol. The number of carboxylic acid groups (broad SMARTS) is 1. The number of hydrogen-bond acceptors (Lipinski definition) is 4. The van der Waals surface area contributed by atoms with Crippen molar-refractivity contribution in [3.63, 3.8) is 0 Å². The highest BCUT2D eigenvalue weighted by molar-refractivity contribution is 7.80. The minimum atomic E-state index is -1.17. The van der Waals surface area contributed by atoms with Gasteiger partial charge in [-0.1, -0.05) is 44.5 Å². The maximum Gasteiger partial charge on any atom is 0.371 e. The molecule has 8 heteroatoms. The van der Waals surface area contributed by atoms with Crippen LogP contribution in [0.1, 0.15) is 47.2 Å². The second-order valence-corrected chi connectivity index (χ2v) is 8.74. The predicted molar refractivity (Wildman–Crippen MR) is 125 cm³/mol. The van der Waals surface area contributed by atoms with Gasteiger partial charge in [0.25, 0.3) is 5.91 Å². The van der Waals surface area contributed by atoms with Crippen molar-refractivity contribution in [2.45, 2.75) is 26.2 Å². The molecule has 31 heavy (non-hydrogen) atoms. The van der Waals surface area contributed by atoms with Gasteiger partial charge in [-0.25, -0.2) is 4.79 Å². The van der Waals surface area contributed by atoms with E-state index in [1.807, 2.05) is 12.1 Å². The Morgan fingerprint density at radius 2 is 1.71 bits per heavy atom. The standard InChI is InChI=1S/C23H21ClN2O4S/c1-23(2,3)14-6-4-13(5-7-14)20(27)26-22(31)25-17-12-15(24)8-9-16(17)18-10-11-19(30-18)21(28)29/h4-12H,1-3H3,(H,28,29)(H2,25,26,27,31). The highest BCUT2D eigenvalue weighted by Gasteiger charge is 2.17. The topological polar surface area (TPSA) is 91.6 Å². The Morgan fingerprint density at radius 1 is 1.03 bits per heavy atom. The predicted octanol–water partition coefficient (Wildman–Crippen LogP) is 5.72. The maximum absolute atomic E-state index is 12.6. The summed E-state index contributed by atoms with van der Waals surface area (Å²) in [5.41, 5.74) is 2.59. The van der Waals surface area contributed by atoms with E-state index in [0.29, 0.717) is 27.6 Å². The third kappa shape index (κ3) is 5.51. The van der Waals surface area contributed by atoms with E-state index in [1.165, 1.54) is 12.1 Å². The van der Waals surface area contributed by atoms with Crippen molar-refractivity contribution in [2.24, 2.45) is 0 Å². The third-order valence-electron chi connectivity index (χ3n) is 4.55. The first-order chi connectivity index (χ1) is 14.5. The molecule has 3 rings (SSSR count). The van der Waals surface area contributed by atoms with Gasteiger partial charge in [0, 0.05) is 16.1 Å². The molecule has 0 saturated carbocycles. The molecule has 3 aromatic rings. The van der Waals surface area contributed by atoms with Crippen LogP contribution in [0.15, 0.2) is 59.0 Å². The van der Waals surface area contributed by atoms with E-state index in [9.17, 15) is 9.59 Å². The Bertz CT molecular complexity index is 1150. The van der Waals surface area contributed by atoms with E-state index in [2.05, 4.69) is 31.4 Å². The summed E-state index contributed by atoms with van der Waals surface area (Å²) >= 11 is 11.4. The summed E-state index contributed by atoms with van der Waals surface area (Å²) in [4.78, 5) is 23.7. The van der Waals surface area contributed by atoms with E-state index in [0.717, 1.165) is 5.56 Å². The van der Waals surface area contributed by atoms with Gasteiger partial charge < -0.3 is 14.8 Å². The fraction of sp³-hybridized carbons (Fsp3) is 0.174. The molecule has 0 fully saturated rings. The summed E-state index contributed by atoms with van der Waals surface area (Å²) in [6.45, 7) is 6.30. The molecule has 160 valence electrons. The van der Waals surface area contributed by atoms with Crippen molar-refractivity contribution < 1.29 is 19.1 Å². The first-order valence-corrected chi connectivity index (χ1v) is 10.2. The van der Waals surface area contributed by atoms with Crippen LogP contribution in [-0.4, -0.2) is 22.1 Å². The minimum Gasteiger partial charge on any atom is -0.475 e. The Morgan fingerprint density at radius 3 is 2.29 bits per heavy atom. The minimum absolute atomic E-state index is 0.0127. The Balaban J connectivity index is 1.76. The van der Waals surface area contributed by atoms with E-state index in [1.54, 1.807) is 30.3 Å². The van der Waals surface area contributed by atoms with Crippen molar-refractivity contribution in [3.8, 4) is 11.3 Å². The van der Waals surface area contributed by atoms with Crippen LogP contribution in [0.2, 0.25) is 5.02 Å². The van der Waals surface area contributed by atoms with Gasteiger partial charge in [-0.15, -0.1) is 0 Å². The van der Waals surface area contributed by atoms with Crippen LogP contribution < -0.4 is 10.6 Å². The lowest BCUT2D eigenvalue weighted by molar-refractivity contribution is 0.0663. The normalized spacial score (nSPS) is 11.1. The average molecular weight is 457 g/mol. The highest BCUT2D eigenvalue weighted by Crippen LogP contribution is 2.32. The second kappa shape index (κ2) is 8.91. The summed E-state index contributed by atoms with van der Waals surface area (Å²) in [5, 5.41) is 15.1. The summed E-state index contributed by atoms with van der Waals surface area (Å²) in [6.07, 6.45) is 0. The molecule has 0 aliphatic heterocycles. The molecule has 0 atom stereocenters. The smallest absolute Gasteiger partial charge is 0.371 e.